The predicted molar refractivity (Wildman–Crippen MR) is 114 cm³/mol. The number of piperidine rings is 1. The maximum Gasteiger partial charge on any atom is 0.321 e. The molecule has 29 heavy (non-hydrogen) atoms. The van der Waals surface area contributed by atoms with Crippen molar-refractivity contribution in [2.75, 3.05) is 36.4 Å². The Labute approximate surface area is 172 Å². The summed E-state index contributed by atoms with van der Waals surface area (Å²) in [7, 11) is 0. The third-order valence-corrected chi connectivity index (χ3v) is 5.87. The van der Waals surface area contributed by atoms with E-state index in [1.54, 1.807) is 11.2 Å². The van der Waals surface area contributed by atoms with E-state index in [2.05, 4.69) is 20.2 Å². The van der Waals surface area contributed by atoms with Crippen LogP contribution in [-0.2, 0) is 0 Å². The third-order valence-electron chi connectivity index (χ3n) is 5.87. The number of aryl methyl sites for hydroxylation is 1. The van der Waals surface area contributed by atoms with Gasteiger partial charge in [-0.2, -0.15) is 0 Å². The first-order valence-electron chi connectivity index (χ1n) is 10.5. The number of hydrogen-bond donors (Lipinski definition) is 1. The normalized spacial score (nSPS) is 19.3. The average Bonchev–Trinajstić information content (AvgIpc) is 3.21. The number of carbonyl (C=O) groups excluding carboxylic acids is 1. The number of likely N-dealkylation sites (tertiary alicyclic amines) is 1. The van der Waals surface area contributed by atoms with Gasteiger partial charge in [-0.25, -0.2) is 14.8 Å². The van der Waals surface area contributed by atoms with Crippen molar-refractivity contribution in [2.45, 2.75) is 45.6 Å². The number of nitrogens with one attached hydrogen (secondary N) is 1. The second kappa shape index (κ2) is 8.68. The number of nitrogens with zero attached hydrogens (tertiary/aromatic N) is 4. The van der Waals surface area contributed by atoms with Gasteiger partial charge < -0.3 is 19.9 Å². The molecule has 1 N–H and O–H groups in total. The Hall–Kier alpha value is -2.83. The molecular weight excluding hydrogens is 366 g/mol. The molecule has 0 aliphatic carbocycles. The zero-order valence-corrected chi connectivity index (χ0v) is 17.2. The molecule has 3 heterocycles. The van der Waals surface area contributed by atoms with E-state index in [-0.39, 0.29) is 12.1 Å². The fraction of sp³-hybridized carbons (Fsp3) is 0.500. The predicted octanol–water partition coefficient (Wildman–Crippen LogP) is 3.77. The van der Waals surface area contributed by atoms with Gasteiger partial charge in [0.15, 0.2) is 0 Å². The molecule has 1 atom stereocenters. The van der Waals surface area contributed by atoms with Crippen LogP contribution in [0, 0.1) is 13.8 Å². The third kappa shape index (κ3) is 4.60. The number of ether oxygens (including phenoxy) is 1. The number of hydrogen-bond acceptors (Lipinski definition) is 5. The van der Waals surface area contributed by atoms with Crippen LogP contribution in [-0.4, -0.2) is 53.2 Å². The van der Waals surface area contributed by atoms with Gasteiger partial charge in [0, 0.05) is 37.8 Å². The first-order valence-corrected chi connectivity index (χ1v) is 10.5. The molecule has 2 amide bonds. The Balaban J connectivity index is 1.34. The van der Waals surface area contributed by atoms with Gasteiger partial charge in [-0.1, -0.05) is 12.1 Å². The molecule has 1 aromatic carbocycles. The minimum absolute atomic E-state index is 0.0523. The van der Waals surface area contributed by atoms with Crippen molar-refractivity contribution in [2.24, 2.45) is 0 Å². The Morgan fingerprint density at radius 1 is 1.14 bits per heavy atom. The molecule has 0 spiro atoms. The summed E-state index contributed by atoms with van der Waals surface area (Å²) in [6.07, 6.45) is 6.00. The number of benzene rings is 1. The van der Waals surface area contributed by atoms with E-state index in [1.807, 2.05) is 38.1 Å². The minimum Gasteiger partial charge on any atom is -0.472 e. The van der Waals surface area contributed by atoms with Crippen molar-refractivity contribution >= 4 is 17.5 Å². The van der Waals surface area contributed by atoms with E-state index in [0.717, 1.165) is 36.6 Å². The first-order chi connectivity index (χ1) is 14.1. The zero-order chi connectivity index (χ0) is 20.2. The van der Waals surface area contributed by atoms with Crippen LogP contribution in [0.1, 0.15) is 36.8 Å². The SMILES string of the molecule is Cc1cccc(NC(=O)N2CCC(Oc3cc(N4CCCCC4)ncn3)C2)c1C. The summed E-state index contributed by atoms with van der Waals surface area (Å²) in [4.78, 5) is 25.4. The Morgan fingerprint density at radius 2 is 1.97 bits per heavy atom. The van der Waals surface area contributed by atoms with E-state index in [0.29, 0.717) is 19.0 Å². The molecule has 2 aliphatic rings. The Morgan fingerprint density at radius 3 is 2.79 bits per heavy atom. The summed E-state index contributed by atoms with van der Waals surface area (Å²) in [5.74, 6) is 1.51. The van der Waals surface area contributed by atoms with Gasteiger partial charge in [-0.3, -0.25) is 0 Å². The minimum atomic E-state index is -0.0820. The van der Waals surface area contributed by atoms with Crippen molar-refractivity contribution < 1.29 is 9.53 Å². The van der Waals surface area contributed by atoms with Crippen molar-refractivity contribution in [1.29, 1.82) is 0 Å². The molecule has 7 nitrogen and oxygen atoms in total. The zero-order valence-electron chi connectivity index (χ0n) is 17.2. The lowest BCUT2D eigenvalue weighted by molar-refractivity contribution is 0.189. The lowest BCUT2D eigenvalue weighted by Gasteiger charge is -2.27. The van der Waals surface area contributed by atoms with E-state index in [9.17, 15) is 4.79 Å². The number of carbonyl (C=O) groups is 1. The molecule has 0 bridgehead atoms. The number of amides is 2. The van der Waals surface area contributed by atoms with Crippen LogP contribution in [0.4, 0.5) is 16.3 Å². The molecule has 1 aromatic heterocycles. The van der Waals surface area contributed by atoms with Crippen LogP contribution in [0.15, 0.2) is 30.6 Å². The van der Waals surface area contributed by atoms with Gasteiger partial charge in [0.1, 0.15) is 18.2 Å². The monoisotopic (exact) mass is 395 g/mol. The topological polar surface area (TPSA) is 70.6 Å². The molecule has 1 unspecified atom stereocenters. The van der Waals surface area contributed by atoms with Crippen LogP contribution in [0.25, 0.3) is 0 Å². The van der Waals surface area contributed by atoms with Gasteiger partial charge in [0.2, 0.25) is 5.88 Å². The van der Waals surface area contributed by atoms with Crippen molar-refractivity contribution in [3.05, 3.63) is 41.7 Å². The van der Waals surface area contributed by atoms with Gasteiger partial charge in [0.05, 0.1) is 6.54 Å². The van der Waals surface area contributed by atoms with Crippen LogP contribution in [0.3, 0.4) is 0 Å². The van der Waals surface area contributed by atoms with Crippen LogP contribution in [0.2, 0.25) is 0 Å². The molecule has 2 aliphatic heterocycles. The highest BCUT2D eigenvalue weighted by molar-refractivity contribution is 5.90. The maximum absolute atomic E-state index is 12.7. The van der Waals surface area contributed by atoms with E-state index >= 15 is 0 Å². The number of anilines is 2. The van der Waals surface area contributed by atoms with Gasteiger partial charge in [0.25, 0.3) is 0 Å². The highest BCUT2D eigenvalue weighted by atomic mass is 16.5. The van der Waals surface area contributed by atoms with Crippen molar-refractivity contribution in [3.8, 4) is 5.88 Å². The Kier molecular flexibility index (Phi) is 5.83. The molecule has 0 saturated carbocycles. The van der Waals surface area contributed by atoms with E-state index in [1.165, 1.54) is 24.8 Å². The fourth-order valence-corrected chi connectivity index (χ4v) is 3.95. The molecule has 0 radical (unpaired) electrons. The van der Waals surface area contributed by atoms with Crippen LogP contribution in [0.5, 0.6) is 5.88 Å². The number of rotatable bonds is 4. The number of aromatic nitrogens is 2. The second-order valence-electron chi connectivity index (χ2n) is 7.91. The number of urea groups is 1. The summed E-state index contributed by atoms with van der Waals surface area (Å²) in [5.41, 5.74) is 3.12. The van der Waals surface area contributed by atoms with E-state index < -0.39 is 0 Å². The standard InChI is InChI=1S/C22H29N5O2/c1-16-7-6-8-19(17(16)2)25-22(28)27-12-9-18(14-27)29-21-13-20(23-15-24-21)26-10-4-3-5-11-26/h6-8,13,15,18H,3-5,9-12,14H2,1-2H3,(H,25,28). The summed E-state index contributed by atoms with van der Waals surface area (Å²) >= 11 is 0. The average molecular weight is 396 g/mol. The van der Waals surface area contributed by atoms with Crippen LogP contribution >= 0.6 is 0 Å². The molecule has 4 rings (SSSR count). The fourth-order valence-electron chi connectivity index (χ4n) is 3.95. The summed E-state index contributed by atoms with van der Waals surface area (Å²) < 4.78 is 6.08. The van der Waals surface area contributed by atoms with Crippen LogP contribution < -0.4 is 15.0 Å². The van der Waals surface area contributed by atoms with Gasteiger partial charge in [-0.15, -0.1) is 0 Å². The highest BCUT2D eigenvalue weighted by Crippen LogP contribution is 2.23. The van der Waals surface area contributed by atoms with Gasteiger partial charge in [-0.05, 0) is 50.3 Å². The molecular formula is C22H29N5O2. The molecule has 2 aromatic rings. The Bertz CT molecular complexity index is 866. The largest absolute Gasteiger partial charge is 0.472 e. The summed E-state index contributed by atoms with van der Waals surface area (Å²) in [6, 6.07) is 7.78. The van der Waals surface area contributed by atoms with E-state index in [4.69, 9.17) is 4.74 Å². The maximum atomic E-state index is 12.7. The first kappa shape index (κ1) is 19.5. The highest BCUT2D eigenvalue weighted by Gasteiger charge is 2.28. The molecule has 2 fully saturated rings. The molecule has 7 heteroatoms. The molecule has 154 valence electrons. The summed E-state index contributed by atoms with van der Waals surface area (Å²) in [6.45, 7) is 7.37. The summed E-state index contributed by atoms with van der Waals surface area (Å²) in [5, 5.41) is 3.03. The smallest absolute Gasteiger partial charge is 0.321 e. The van der Waals surface area contributed by atoms with Crippen molar-refractivity contribution in [3.63, 3.8) is 0 Å². The van der Waals surface area contributed by atoms with Gasteiger partial charge >= 0.3 is 6.03 Å². The lowest BCUT2D eigenvalue weighted by atomic mass is 10.1. The molecule has 2 saturated heterocycles. The van der Waals surface area contributed by atoms with Crippen molar-refractivity contribution in [1.82, 2.24) is 14.9 Å². The lowest BCUT2D eigenvalue weighted by Crippen LogP contribution is -2.34. The second-order valence-corrected chi connectivity index (χ2v) is 7.91. The quantitative estimate of drug-likeness (QED) is 0.853.